The first kappa shape index (κ1) is 21.2. The number of aliphatic carboxylic acids is 1. The van der Waals surface area contributed by atoms with E-state index >= 15 is 0 Å². The maximum atomic E-state index is 12.5. The van der Waals surface area contributed by atoms with Crippen molar-refractivity contribution in [2.75, 3.05) is 11.9 Å². The van der Waals surface area contributed by atoms with Crippen LogP contribution >= 0.6 is 0 Å². The standard InChI is InChI=1S/C22H26N2O4/c1-4-22(5-2,21(27)28)14-23-19(25)17-12-11-15(3)18(13-17)24-20(26)16-9-7-6-8-10-16/h6-13H,4-5,14H2,1-3H3,(H,23,25)(H,24,26)(H,27,28). The predicted octanol–water partition coefficient (Wildman–Crippen LogP) is 3.87. The molecular formula is C22H26N2O4. The van der Waals surface area contributed by atoms with Crippen LogP contribution in [0.2, 0.25) is 0 Å². The van der Waals surface area contributed by atoms with Gasteiger partial charge in [-0.1, -0.05) is 38.1 Å². The van der Waals surface area contributed by atoms with Crippen LogP contribution in [-0.4, -0.2) is 29.4 Å². The fraction of sp³-hybridized carbons (Fsp3) is 0.318. The highest BCUT2D eigenvalue weighted by atomic mass is 16.4. The number of amides is 2. The Hall–Kier alpha value is -3.15. The molecule has 2 aromatic carbocycles. The van der Waals surface area contributed by atoms with Crippen LogP contribution < -0.4 is 10.6 Å². The number of carbonyl (C=O) groups is 3. The predicted molar refractivity (Wildman–Crippen MR) is 109 cm³/mol. The monoisotopic (exact) mass is 382 g/mol. The fourth-order valence-electron chi connectivity index (χ4n) is 2.91. The Balaban J connectivity index is 2.14. The van der Waals surface area contributed by atoms with Crippen molar-refractivity contribution < 1.29 is 19.5 Å². The van der Waals surface area contributed by atoms with Crippen LogP contribution in [0.25, 0.3) is 0 Å². The third-order valence-corrected chi connectivity index (χ3v) is 5.18. The number of nitrogens with one attached hydrogen (secondary N) is 2. The number of hydrogen-bond acceptors (Lipinski definition) is 3. The second-order valence-corrected chi connectivity index (χ2v) is 6.83. The molecule has 2 amide bonds. The second-order valence-electron chi connectivity index (χ2n) is 6.83. The highest BCUT2D eigenvalue weighted by Crippen LogP contribution is 2.26. The van der Waals surface area contributed by atoms with Crippen LogP contribution in [-0.2, 0) is 4.79 Å². The summed E-state index contributed by atoms with van der Waals surface area (Å²) in [6.45, 7) is 5.49. The zero-order chi connectivity index (χ0) is 20.7. The minimum absolute atomic E-state index is 0.0494. The van der Waals surface area contributed by atoms with Crippen LogP contribution in [0, 0.1) is 12.3 Å². The zero-order valence-electron chi connectivity index (χ0n) is 16.4. The molecule has 28 heavy (non-hydrogen) atoms. The van der Waals surface area contributed by atoms with Gasteiger partial charge in [-0.3, -0.25) is 14.4 Å². The minimum atomic E-state index is -0.981. The summed E-state index contributed by atoms with van der Waals surface area (Å²) in [6.07, 6.45) is 0.844. The number of aryl methyl sites for hydroxylation is 1. The largest absolute Gasteiger partial charge is 0.481 e. The highest BCUT2D eigenvalue weighted by molar-refractivity contribution is 6.05. The molecule has 2 rings (SSSR count). The van der Waals surface area contributed by atoms with Crippen molar-refractivity contribution in [1.82, 2.24) is 5.32 Å². The molecule has 0 fully saturated rings. The van der Waals surface area contributed by atoms with Crippen molar-refractivity contribution in [3.63, 3.8) is 0 Å². The molecule has 6 heteroatoms. The van der Waals surface area contributed by atoms with Gasteiger partial charge in [-0.15, -0.1) is 0 Å². The smallest absolute Gasteiger partial charge is 0.311 e. The molecule has 0 saturated heterocycles. The first-order valence-electron chi connectivity index (χ1n) is 9.31. The summed E-state index contributed by atoms with van der Waals surface area (Å²) in [5, 5.41) is 15.0. The van der Waals surface area contributed by atoms with E-state index in [9.17, 15) is 19.5 Å². The van der Waals surface area contributed by atoms with E-state index in [-0.39, 0.29) is 18.4 Å². The Morgan fingerprint density at radius 3 is 2.14 bits per heavy atom. The summed E-state index contributed by atoms with van der Waals surface area (Å²) in [5.41, 5.74) is 1.26. The number of carboxylic acids is 1. The van der Waals surface area contributed by atoms with E-state index in [2.05, 4.69) is 10.6 Å². The molecule has 3 N–H and O–H groups in total. The Kier molecular flexibility index (Phi) is 6.93. The lowest BCUT2D eigenvalue weighted by molar-refractivity contribution is -0.149. The third kappa shape index (κ3) is 4.76. The topological polar surface area (TPSA) is 95.5 Å². The summed E-state index contributed by atoms with van der Waals surface area (Å²) in [4.78, 5) is 36.5. The van der Waals surface area contributed by atoms with Gasteiger partial charge in [0.25, 0.3) is 11.8 Å². The van der Waals surface area contributed by atoms with Gasteiger partial charge in [-0.05, 0) is 49.6 Å². The second kappa shape index (κ2) is 9.17. The Bertz CT molecular complexity index is 858. The van der Waals surface area contributed by atoms with Gasteiger partial charge in [0, 0.05) is 23.4 Å². The summed E-state index contributed by atoms with van der Waals surface area (Å²) in [7, 11) is 0. The van der Waals surface area contributed by atoms with Crippen LogP contribution in [0.15, 0.2) is 48.5 Å². The Morgan fingerprint density at radius 1 is 0.929 bits per heavy atom. The number of rotatable bonds is 8. The molecule has 0 aliphatic carbocycles. The van der Waals surface area contributed by atoms with Gasteiger partial charge in [0.2, 0.25) is 0 Å². The normalized spacial score (nSPS) is 11.0. The van der Waals surface area contributed by atoms with E-state index < -0.39 is 11.4 Å². The van der Waals surface area contributed by atoms with Crippen LogP contribution in [0.5, 0.6) is 0 Å². The number of hydrogen-bond donors (Lipinski definition) is 3. The summed E-state index contributed by atoms with van der Waals surface area (Å²) in [6, 6.07) is 13.8. The molecule has 0 aliphatic rings. The summed E-state index contributed by atoms with van der Waals surface area (Å²) in [5.74, 6) is -1.55. The zero-order valence-corrected chi connectivity index (χ0v) is 16.4. The SMILES string of the molecule is CCC(CC)(CNC(=O)c1ccc(C)c(NC(=O)c2ccccc2)c1)C(=O)O. The van der Waals surface area contributed by atoms with Gasteiger partial charge in [-0.25, -0.2) is 0 Å². The van der Waals surface area contributed by atoms with E-state index in [0.717, 1.165) is 5.56 Å². The number of benzene rings is 2. The van der Waals surface area contributed by atoms with E-state index in [1.165, 1.54) is 0 Å². The van der Waals surface area contributed by atoms with Gasteiger partial charge in [0.05, 0.1) is 5.41 Å². The molecule has 148 valence electrons. The van der Waals surface area contributed by atoms with E-state index in [4.69, 9.17) is 0 Å². The molecule has 2 aromatic rings. The van der Waals surface area contributed by atoms with E-state index in [1.54, 1.807) is 56.3 Å². The Labute approximate surface area is 165 Å². The molecule has 0 heterocycles. The maximum Gasteiger partial charge on any atom is 0.311 e. The lowest BCUT2D eigenvalue weighted by Gasteiger charge is -2.26. The molecule has 0 aromatic heterocycles. The van der Waals surface area contributed by atoms with Gasteiger partial charge in [-0.2, -0.15) is 0 Å². The molecule has 0 saturated carbocycles. The molecule has 0 aliphatic heterocycles. The van der Waals surface area contributed by atoms with Crippen LogP contribution in [0.3, 0.4) is 0 Å². The maximum absolute atomic E-state index is 12.5. The average molecular weight is 382 g/mol. The molecule has 0 bridgehead atoms. The van der Waals surface area contributed by atoms with Gasteiger partial charge < -0.3 is 15.7 Å². The lowest BCUT2D eigenvalue weighted by atomic mass is 9.82. The molecule has 0 spiro atoms. The number of anilines is 1. The first-order valence-corrected chi connectivity index (χ1v) is 9.31. The number of carbonyl (C=O) groups excluding carboxylic acids is 2. The molecule has 0 unspecified atom stereocenters. The number of carboxylic acid groups (broad SMARTS) is 1. The van der Waals surface area contributed by atoms with Gasteiger partial charge in [0.1, 0.15) is 0 Å². The molecular weight excluding hydrogens is 356 g/mol. The fourth-order valence-corrected chi connectivity index (χ4v) is 2.91. The van der Waals surface area contributed by atoms with Gasteiger partial charge in [0.15, 0.2) is 0 Å². The molecule has 6 nitrogen and oxygen atoms in total. The molecule has 0 radical (unpaired) electrons. The summed E-state index contributed by atoms with van der Waals surface area (Å²) < 4.78 is 0. The van der Waals surface area contributed by atoms with Crippen molar-refractivity contribution >= 4 is 23.5 Å². The van der Waals surface area contributed by atoms with Crippen molar-refractivity contribution in [3.8, 4) is 0 Å². The van der Waals surface area contributed by atoms with E-state index in [0.29, 0.717) is 29.7 Å². The van der Waals surface area contributed by atoms with E-state index in [1.807, 2.05) is 13.0 Å². The third-order valence-electron chi connectivity index (χ3n) is 5.18. The van der Waals surface area contributed by atoms with Crippen molar-refractivity contribution in [2.24, 2.45) is 5.41 Å². The quantitative estimate of drug-likeness (QED) is 0.646. The van der Waals surface area contributed by atoms with Crippen LogP contribution in [0.4, 0.5) is 5.69 Å². The average Bonchev–Trinajstić information content (AvgIpc) is 2.71. The summed E-state index contributed by atoms with van der Waals surface area (Å²) >= 11 is 0. The highest BCUT2D eigenvalue weighted by Gasteiger charge is 2.35. The van der Waals surface area contributed by atoms with Crippen LogP contribution in [0.1, 0.15) is 53.0 Å². The molecule has 0 atom stereocenters. The lowest BCUT2D eigenvalue weighted by Crippen LogP contribution is -2.42. The first-order chi connectivity index (χ1) is 13.3. The van der Waals surface area contributed by atoms with Gasteiger partial charge >= 0.3 is 5.97 Å². The minimum Gasteiger partial charge on any atom is -0.481 e. The van der Waals surface area contributed by atoms with Crippen molar-refractivity contribution in [3.05, 3.63) is 65.2 Å². The Morgan fingerprint density at radius 2 is 1.57 bits per heavy atom. The van der Waals surface area contributed by atoms with Crippen molar-refractivity contribution in [2.45, 2.75) is 33.6 Å². The van der Waals surface area contributed by atoms with Crippen molar-refractivity contribution in [1.29, 1.82) is 0 Å².